The molecule has 25 heavy (non-hydrogen) atoms. The predicted molar refractivity (Wildman–Crippen MR) is 97.8 cm³/mol. The molecule has 7 heteroatoms. The topological polar surface area (TPSA) is 57.7 Å². The largest absolute Gasteiger partial charge is 0.342 e. The first-order valence-corrected chi connectivity index (χ1v) is 11.7. The molecule has 5 nitrogen and oxygen atoms in total. The van der Waals surface area contributed by atoms with E-state index in [0.717, 1.165) is 13.1 Å². The molecular formula is C18H26N2O3S2. The molecule has 1 aliphatic carbocycles. The van der Waals surface area contributed by atoms with Crippen LogP contribution in [-0.2, 0) is 14.8 Å². The summed E-state index contributed by atoms with van der Waals surface area (Å²) in [5.74, 6) is 1.63. The van der Waals surface area contributed by atoms with E-state index >= 15 is 0 Å². The van der Waals surface area contributed by atoms with E-state index in [4.69, 9.17) is 0 Å². The van der Waals surface area contributed by atoms with Gasteiger partial charge in [0.05, 0.1) is 0 Å². The van der Waals surface area contributed by atoms with Crippen LogP contribution in [0.25, 0.3) is 0 Å². The van der Waals surface area contributed by atoms with Crippen molar-refractivity contribution in [3.63, 3.8) is 0 Å². The summed E-state index contributed by atoms with van der Waals surface area (Å²) < 4.78 is 27.2. The van der Waals surface area contributed by atoms with Gasteiger partial charge in [-0.1, -0.05) is 6.07 Å². The molecule has 138 valence electrons. The van der Waals surface area contributed by atoms with Crippen molar-refractivity contribution < 1.29 is 13.2 Å². The van der Waals surface area contributed by atoms with E-state index in [1.54, 1.807) is 21.8 Å². The molecular weight excluding hydrogens is 356 g/mol. The van der Waals surface area contributed by atoms with Crippen molar-refractivity contribution in [2.75, 3.05) is 26.2 Å². The highest BCUT2D eigenvalue weighted by atomic mass is 32.2. The van der Waals surface area contributed by atoms with Gasteiger partial charge in [0.15, 0.2) is 0 Å². The minimum Gasteiger partial charge on any atom is -0.342 e. The molecule has 0 N–H and O–H groups in total. The van der Waals surface area contributed by atoms with Crippen molar-refractivity contribution in [3.05, 3.63) is 17.5 Å². The van der Waals surface area contributed by atoms with Crippen molar-refractivity contribution in [2.24, 2.45) is 17.8 Å². The minimum absolute atomic E-state index is 0.00714. The Morgan fingerprint density at radius 1 is 1.00 bits per heavy atom. The Balaban J connectivity index is 1.38. The lowest BCUT2D eigenvalue weighted by Crippen LogP contribution is -2.45. The Kier molecular flexibility index (Phi) is 4.90. The lowest BCUT2D eigenvalue weighted by atomic mass is 9.84. The van der Waals surface area contributed by atoms with Crippen molar-refractivity contribution in [1.29, 1.82) is 0 Å². The summed E-state index contributed by atoms with van der Waals surface area (Å²) in [4.78, 5) is 15.1. The molecule has 3 aliphatic heterocycles. The van der Waals surface area contributed by atoms with Crippen molar-refractivity contribution >= 4 is 27.3 Å². The molecule has 3 saturated heterocycles. The fourth-order valence-electron chi connectivity index (χ4n) is 4.61. The van der Waals surface area contributed by atoms with E-state index in [9.17, 15) is 13.2 Å². The lowest BCUT2D eigenvalue weighted by Gasteiger charge is -2.33. The Morgan fingerprint density at radius 3 is 2.12 bits per heavy atom. The van der Waals surface area contributed by atoms with Crippen LogP contribution in [0, 0.1) is 17.8 Å². The van der Waals surface area contributed by atoms with Crippen LogP contribution in [0.15, 0.2) is 21.7 Å². The maximum Gasteiger partial charge on any atom is 0.252 e. The number of hydrogen-bond donors (Lipinski definition) is 0. The number of amides is 1. The third-order valence-electron chi connectivity index (χ3n) is 6.13. The number of rotatable bonds is 3. The zero-order chi connectivity index (χ0) is 17.4. The molecule has 4 fully saturated rings. The maximum absolute atomic E-state index is 13.0. The Hall–Kier alpha value is -0.920. The molecule has 0 atom stereocenters. The number of carbonyl (C=O) groups is 1. The van der Waals surface area contributed by atoms with Crippen LogP contribution in [0.2, 0.25) is 0 Å². The zero-order valence-electron chi connectivity index (χ0n) is 14.5. The third-order valence-corrected chi connectivity index (χ3v) is 9.40. The average Bonchev–Trinajstić information content (AvgIpc) is 3.02. The van der Waals surface area contributed by atoms with Crippen LogP contribution in [0.4, 0.5) is 0 Å². The molecule has 1 aromatic rings. The molecule has 1 amide bonds. The van der Waals surface area contributed by atoms with Gasteiger partial charge in [0, 0.05) is 32.1 Å². The number of nitrogens with zero attached hydrogens (tertiary/aromatic N) is 2. The van der Waals surface area contributed by atoms with Gasteiger partial charge < -0.3 is 4.90 Å². The first kappa shape index (κ1) is 17.5. The van der Waals surface area contributed by atoms with Gasteiger partial charge in [-0.05, 0) is 61.8 Å². The Bertz CT molecular complexity index is 687. The van der Waals surface area contributed by atoms with Crippen LogP contribution in [0.1, 0.15) is 38.5 Å². The van der Waals surface area contributed by atoms with Crippen LogP contribution in [0.5, 0.6) is 0 Å². The molecule has 0 unspecified atom stereocenters. The van der Waals surface area contributed by atoms with E-state index < -0.39 is 10.0 Å². The molecule has 0 aromatic carbocycles. The second-order valence-electron chi connectivity index (χ2n) is 7.74. The third kappa shape index (κ3) is 3.51. The van der Waals surface area contributed by atoms with Crippen LogP contribution in [-0.4, -0.2) is 49.7 Å². The van der Waals surface area contributed by atoms with E-state index in [2.05, 4.69) is 4.90 Å². The van der Waals surface area contributed by atoms with Crippen LogP contribution >= 0.6 is 11.3 Å². The highest BCUT2D eigenvalue weighted by Crippen LogP contribution is 2.35. The number of thiophene rings is 1. The van der Waals surface area contributed by atoms with E-state index in [1.807, 2.05) is 0 Å². The zero-order valence-corrected chi connectivity index (χ0v) is 16.1. The van der Waals surface area contributed by atoms with Gasteiger partial charge in [-0.25, -0.2) is 8.42 Å². The van der Waals surface area contributed by atoms with Gasteiger partial charge in [-0.2, -0.15) is 4.31 Å². The van der Waals surface area contributed by atoms with E-state index in [0.29, 0.717) is 42.0 Å². The fraction of sp³-hybridized carbons (Fsp3) is 0.722. The minimum atomic E-state index is -3.38. The summed E-state index contributed by atoms with van der Waals surface area (Å²) in [5.41, 5.74) is 0. The standard InChI is InChI=1S/C18H26N2O3S2/c21-18(19-12-14-3-4-15(13-19)6-5-14)16-7-9-20(10-8-16)25(22,23)17-2-1-11-24-17/h1-2,11,14-16H,3-10,12-13H2. The monoisotopic (exact) mass is 382 g/mol. The lowest BCUT2D eigenvalue weighted by molar-refractivity contribution is -0.137. The molecule has 0 radical (unpaired) electrons. The summed E-state index contributed by atoms with van der Waals surface area (Å²) in [6.45, 7) is 2.75. The van der Waals surface area contributed by atoms with Gasteiger partial charge >= 0.3 is 0 Å². The van der Waals surface area contributed by atoms with Gasteiger partial charge in [-0.15, -0.1) is 11.3 Å². The van der Waals surface area contributed by atoms with E-state index in [-0.39, 0.29) is 11.8 Å². The SMILES string of the molecule is O=C(C1CCN(S(=O)(=O)c2cccs2)CC1)N1CC2CCC(CC2)C1. The number of hydrogen-bond acceptors (Lipinski definition) is 4. The molecule has 5 rings (SSSR count). The fourth-order valence-corrected chi connectivity index (χ4v) is 7.23. The molecule has 0 spiro atoms. The van der Waals surface area contributed by atoms with E-state index in [1.165, 1.54) is 37.0 Å². The summed E-state index contributed by atoms with van der Waals surface area (Å²) in [6, 6.07) is 3.42. The van der Waals surface area contributed by atoms with Gasteiger partial charge in [-0.3, -0.25) is 4.79 Å². The Labute approximate surface area is 154 Å². The number of piperidine rings is 1. The summed E-state index contributed by atoms with van der Waals surface area (Å²) in [5, 5.41) is 1.79. The average molecular weight is 383 g/mol. The highest BCUT2D eigenvalue weighted by Gasteiger charge is 2.37. The highest BCUT2D eigenvalue weighted by molar-refractivity contribution is 7.91. The second-order valence-corrected chi connectivity index (χ2v) is 10.9. The maximum atomic E-state index is 13.0. The summed E-state index contributed by atoms with van der Waals surface area (Å²) in [7, 11) is -3.38. The van der Waals surface area contributed by atoms with Crippen molar-refractivity contribution in [2.45, 2.75) is 42.7 Å². The predicted octanol–water partition coefficient (Wildman–Crippen LogP) is 2.80. The van der Waals surface area contributed by atoms with Crippen molar-refractivity contribution in [3.8, 4) is 0 Å². The molecule has 1 aromatic heterocycles. The number of sulfonamides is 1. The first-order chi connectivity index (χ1) is 12.0. The molecule has 4 heterocycles. The quantitative estimate of drug-likeness (QED) is 0.808. The normalized spacial score (nSPS) is 28.9. The summed E-state index contributed by atoms with van der Waals surface area (Å²) >= 11 is 1.26. The number of fused-ring (bicyclic) bond motifs is 4. The Morgan fingerprint density at radius 2 is 1.60 bits per heavy atom. The summed E-state index contributed by atoms with van der Waals surface area (Å²) in [6.07, 6.45) is 6.38. The van der Waals surface area contributed by atoms with Gasteiger partial charge in [0.25, 0.3) is 10.0 Å². The molecule has 2 bridgehead atoms. The van der Waals surface area contributed by atoms with Crippen LogP contribution in [0.3, 0.4) is 0 Å². The van der Waals surface area contributed by atoms with Gasteiger partial charge in [0.1, 0.15) is 4.21 Å². The van der Waals surface area contributed by atoms with Crippen molar-refractivity contribution in [1.82, 2.24) is 9.21 Å². The first-order valence-electron chi connectivity index (χ1n) is 9.36. The smallest absolute Gasteiger partial charge is 0.252 e. The molecule has 4 aliphatic rings. The number of carbonyl (C=O) groups excluding carboxylic acids is 1. The molecule has 1 saturated carbocycles. The van der Waals surface area contributed by atoms with Crippen LogP contribution < -0.4 is 0 Å². The second kappa shape index (κ2) is 7.00. The van der Waals surface area contributed by atoms with Gasteiger partial charge in [0.2, 0.25) is 5.91 Å².